The van der Waals surface area contributed by atoms with Crippen LogP contribution in [0.4, 0.5) is 5.69 Å². The average Bonchev–Trinajstić information content (AvgIpc) is 2.40. The minimum Gasteiger partial charge on any atom is -0.378 e. The number of aryl methyl sites for hydroxylation is 1. The molecule has 0 unspecified atom stereocenters. The molecular formula is C15H16N2S. The van der Waals surface area contributed by atoms with Crippen LogP contribution < -0.4 is 5.73 Å². The molecule has 0 atom stereocenters. The van der Waals surface area contributed by atoms with Gasteiger partial charge in [-0.3, -0.25) is 0 Å². The first-order valence-corrected chi connectivity index (χ1v) is 6.80. The molecule has 2 aromatic carbocycles. The van der Waals surface area contributed by atoms with Gasteiger partial charge < -0.3 is 5.73 Å². The molecule has 0 saturated heterocycles. The summed E-state index contributed by atoms with van der Waals surface area (Å²) in [6.07, 6.45) is 0. The lowest BCUT2D eigenvalue weighted by molar-refractivity contribution is 1.41. The second-order valence-corrected chi connectivity index (χ2v) is 5.06. The number of aliphatic imine (C=N–C) groups is 1. The zero-order valence-electron chi connectivity index (χ0n) is 10.3. The van der Waals surface area contributed by atoms with Crippen molar-refractivity contribution in [2.24, 2.45) is 10.7 Å². The van der Waals surface area contributed by atoms with E-state index >= 15 is 0 Å². The van der Waals surface area contributed by atoms with Gasteiger partial charge in [-0.2, -0.15) is 0 Å². The normalized spacial score (nSPS) is 11.5. The molecule has 2 N–H and O–H groups in total. The van der Waals surface area contributed by atoms with Crippen LogP contribution in [0.5, 0.6) is 0 Å². The van der Waals surface area contributed by atoms with E-state index in [4.69, 9.17) is 5.73 Å². The number of nitrogens with two attached hydrogens (primary N) is 1. The monoisotopic (exact) mass is 256 g/mol. The second kappa shape index (κ2) is 6.26. The molecule has 0 aliphatic rings. The van der Waals surface area contributed by atoms with E-state index in [1.165, 1.54) is 11.1 Å². The highest BCUT2D eigenvalue weighted by molar-refractivity contribution is 8.13. The molecule has 2 rings (SSSR count). The minimum absolute atomic E-state index is 0.600. The molecular weight excluding hydrogens is 240 g/mol. The summed E-state index contributed by atoms with van der Waals surface area (Å²) in [5, 5.41) is 0.600. The molecule has 0 aromatic heterocycles. The molecule has 0 aliphatic carbocycles. The predicted molar refractivity (Wildman–Crippen MR) is 80.2 cm³/mol. The van der Waals surface area contributed by atoms with E-state index in [9.17, 15) is 0 Å². The van der Waals surface area contributed by atoms with Gasteiger partial charge in [0.1, 0.15) is 0 Å². The summed E-state index contributed by atoms with van der Waals surface area (Å²) in [6, 6.07) is 18.3. The molecule has 0 amide bonds. The topological polar surface area (TPSA) is 38.4 Å². The van der Waals surface area contributed by atoms with Crippen molar-refractivity contribution in [3.63, 3.8) is 0 Å². The zero-order valence-corrected chi connectivity index (χ0v) is 11.2. The first-order chi connectivity index (χ1) is 8.74. The Labute approximate surface area is 112 Å². The van der Waals surface area contributed by atoms with Gasteiger partial charge in [0.05, 0.1) is 5.69 Å². The van der Waals surface area contributed by atoms with E-state index in [-0.39, 0.29) is 0 Å². The van der Waals surface area contributed by atoms with Gasteiger partial charge in [0.2, 0.25) is 0 Å². The van der Waals surface area contributed by atoms with Crippen LogP contribution in [-0.2, 0) is 5.75 Å². The van der Waals surface area contributed by atoms with Crippen molar-refractivity contribution in [2.75, 3.05) is 0 Å². The molecule has 2 nitrogen and oxygen atoms in total. The maximum atomic E-state index is 5.90. The summed E-state index contributed by atoms with van der Waals surface area (Å²) >= 11 is 1.56. The van der Waals surface area contributed by atoms with E-state index in [1.54, 1.807) is 11.8 Å². The fourth-order valence-corrected chi connectivity index (χ4v) is 2.19. The molecule has 0 fully saturated rings. The molecule has 0 saturated carbocycles. The van der Waals surface area contributed by atoms with Crippen molar-refractivity contribution < 1.29 is 0 Å². The van der Waals surface area contributed by atoms with Crippen LogP contribution in [0.3, 0.4) is 0 Å². The molecule has 0 aliphatic heterocycles. The molecule has 0 radical (unpaired) electrons. The van der Waals surface area contributed by atoms with Gasteiger partial charge in [0.15, 0.2) is 5.17 Å². The van der Waals surface area contributed by atoms with E-state index in [2.05, 4.69) is 24.0 Å². The Kier molecular flexibility index (Phi) is 4.42. The van der Waals surface area contributed by atoms with Crippen molar-refractivity contribution in [2.45, 2.75) is 12.7 Å². The SMILES string of the molecule is Cc1ccc(N=C(N)SCc2ccccc2)cc1. The number of hydrogen-bond acceptors (Lipinski definition) is 2. The first-order valence-electron chi connectivity index (χ1n) is 5.81. The Hall–Kier alpha value is -1.74. The fraction of sp³-hybridized carbons (Fsp3) is 0.133. The van der Waals surface area contributed by atoms with Crippen molar-refractivity contribution in [1.82, 2.24) is 0 Å². The predicted octanol–water partition coefficient (Wildman–Crippen LogP) is 3.87. The van der Waals surface area contributed by atoms with Gasteiger partial charge in [0.25, 0.3) is 0 Å². The third-order valence-electron chi connectivity index (χ3n) is 2.50. The van der Waals surface area contributed by atoms with Gasteiger partial charge in [-0.1, -0.05) is 59.8 Å². The summed E-state index contributed by atoms with van der Waals surface area (Å²) < 4.78 is 0. The summed E-state index contributed by atoms with van der Waals surface area (Å²) in [6.45, 7) is 2.06. The number of amidine groups is 1. The standard InChI is InChI=1S/C15H16N2S/c1-12-7-9-14(10-8-12)17-15(16)18-11-13-5-3-2-4-6-13/h2-10H,11H2,1H3,(H2,16,17). The van der Waals surface area contributed by atoms with E-state index in [0.717, 1.165) is 11.4 Å². The molecule has 2 aromatic rings. The van der Waals surface area contributed by atoms with Crippen molar-refractivity contribution in [3.05, 3.63) is 65.7 Å². The summed E-state index contributed by atoms with van der Waals surface area (Å²) in [7, 11) is 0. The largest absolute Gasteiger partial charge is 0.378 e. The maximum absolute atomic E-state index is 5.90. The molecule has 0 spiro atoms. The zero-order chi connectivity index (χ0) is 12.8. The minimum atomic E-state index is 0.600. The van der Waals surface area contributed by atoms with E-state index in [0.29, 0.717) is 5.17 Å². The van der Waals surface area contributed by atoms with Crippen LogP contribution in [0.1, 0.15) is 11.1 Å². The van der Waals surface area contributed by atoms with Crippen LogP contribution >= 0.6 is 11.8 Å². The highest BCUT2D eigenvalue weighted by Crippen LogP contribution is 2.17. The number of benzene rings is 2. The molecule has 3 heteroatoms. The lowest BCUT2D eigenvalue weighted by Gasteiger charge is -2.01. The van der Waals surface area contributed by atoms with Crippen molar-refractivity contribution >= 4 is 22.6 Å². The van der Waals surface area contributed by atoms with Gasteiger partial charge >= 0.3 is 0 Å². The molecule has 18 heavy (non-hydrogen) atoms. The summed E-state index contributed by atoms with van der Waals surface area (Å²) in [5.74, 6) is 0.849. The Morgan fingerprint density at radius 3 is 2.39 bits per heavy atom. The Balaban J connectivity index is 1.95. The van der Waals surface area contributed by atoms with Crippen LogP contribution in [0, 0.1) is 6.92 Å². The van der Waals surface area contributed by atoms with Crippen LogP contribution in [-0.4, -0.2) is 5.17 Å². The summed E-state index contributed by atoms with van der Waals surface area (Å²) in [4.78, 5) is 4.37. The Bertz CT molecular complexity index is 518. The van der Waals surface area contributed by atoms with E-state index in [1.807, 2.05) is 42.5 Å². The van der Waals surface area contributed by atoms with Crippen LogP contribution in [0.15, 0.2) is 59.6 Å². The van der Waals surface area contributed by atoms with Crippen molar-refractivity contribution in [3.8, 4) is 0 Å². The smallest absolute Gasteiger partial charge is 0.159 e. The third-order valence-corrected chi connectivity index (χ3v) is 3.37. The summed E-state index contributed by atoms with van der Waals surface area (Å²) in [5.41, 5.74) is 9.29. The first kappa shape index (κ1) is 12.7. The van der Waals surface area contributed by atoms with Crippen LogP contribution in [0.25, 0.3) is 0 Å². The van der Waals surface area contributed by atoms with Gasteiger partial charge in [0, 0.05) is 5.75 Å². The maximum Gasteiger partial charge on any atom is 0.159 e. The van der Waals surface area contributed by atoms with Gasteiger partial charge in [-0.15, -0.1) is 0 Å². The fourth-order valence-electron chi connectivity index (χ4n) is 1.51. The number of thioether (sulfide) groups is 1. The van der Waals surface area contributed by atoms with Crippen molar-refractivity contribution in [1.29, 1.82) is 0 Å². The highest BCUT2D eigenvalue weighted by atomic mass is 32.2. The lowest BCUT2D eigenvalue weighted by atomic mass is 10.2. The highest BCUT2D eigenvalue weighted by Gasteiger charge is 1.97. The van der Waals surface area contributed by atoms with Crippen LogP contribution in [0.2, 0.25) is 0 Å². The lowest BCUT2D eigenvalue weighted by Crippen LogP contribution is -2.06. The molecule has 92 valence electrons. The number of nitrogens with zero attached hydrogens (tertiary/aromatic N) is 1. The molecule has 0 bridgehead atoms. The number of hydrogen-bond donors (Lipinski definition) is 1. The van der Waals surface area contributed by atoms with Gasteiger partial charge in [-0.25, -0.2) is 4.99 Å². The van der Waals surface area contributed by atoms with E-state index < -0.39 is 0 Å². The second-order valence-electron chi connectivity index (χ2n) is 4.06. The average molecular weight is 256 g/mol. The third kappa shape index (κ3) is 3.93. The van der Waals surface area contributed by atoms with Gasteiger partial charge in [-0.05, 0) is 24.6 Å². The molecule has 0 heterocycles. The number of rotatable bonds is 3. The quantitative estimate of drug-likeness (QED) is 0.668. The Morgan fingerprint density at radius 1 is 1.06 bits per heavy atom. The Morgan fingerprint density at radius 2 is 1.72 bits per heavy atom.